The minimum atomic E-state index is -0.795. The predicted octanol–water partition coefficient (Wildman–Crippen LogP) is -0.283. The van der Waals surface area contributed by atoms with Gasteiger partial charge in [0.15, 0.2) is 17.7 Å². The lowest BCUT2D eigenvalue weighted by Crippen LogP contribution is -2.22. The Kier molecular flexibility index (Phi) is 14.6. The number of ether oxygens (including phenoxy) is 6. The van der Waals surface area contributed by atoms with Gasteiger partial charge in [-0.1, -0.05) is 17.8 Å². The Hall–Kier alpha value is -0.909. The SMILES string of the molecule is COC(OC)[Si]C#CC(C)(C#C[Si]C(OC)OC)C#C[Si]C(OC)OC. The molecule has 0 fully saturated rings. The van der Waals surface area contributed by atoms with Crippen LogP contribution in [0.2, 0.25) is 0 Å². The van der Waals surface area contributed by atoms with Crippen LogP contribution in [0.3, 0.4) is 0 Å². The van der Waals surface area contributed by atoms with Gasteiger partial charge in [-0.15, -0.1) is 16.6 Å². The third kappa shape index (κ3) is 10.9. The lowest BCUT2D eigenvalue weighted by Gasteiger charge is -2.11. The van der Waals surface area contributed by atoms with Crippen LogP contribution < -0.4 is 0 Å². The number of rotatable bonds is 9. The highest BCUT2D eigenvalue weighted by Crippen LogP contribution is 2.11. The molecule has 0 saturated carbocycles. The summed E-state index contributed by atoms with van der Waals surface area (Å²) in [5, 5.41) is 0. The van der Waals surface area contributed by atoms with E-state index >= 15 is 0 Å². The first-order valence-electron chi connectivity index (χ1n) is 7.48. The largest absolute Gasteiger partial charge is 0.359 e. The molecule has 6 radical (unpaired) electrons. The lowest BCUT2D eigenvalue weighted by atomic mass is 9.95. The van der Waals surface area contributed by atoms with Crippen LogP contribution in [0.5, 0.6) is 0 Å². The van der Waals surface area contributed by atoms with Crippen molar-refractivity contribution < 1.29 is 28.4 Å². The third-order valence-electron chi connectivity index (χ3n) is 2.79. The van der Waals surface area contributed by atoms with Crippen molar-refractivity contribution in [2.75, 3.05) is 42.7 Å². The normalized spacial score (nSPS) is 10.8. The van der Waals surface area contributed by atoms with Crippen molar-refractivity contribution >= 4 is 28.6 Å². The molecular formula is C17H24O6Si3. The summed E-state index contributed by atoms with van der Waals surface area (Å²) in [5.41, 5.74) is 8.40. The van der Waals surface area contributed by atoms with Crippen LogP contribution in [0, 0.1) is 39.8 Å². The van der Waals surface area contributed by atoms with Crippen molar-refractivity contribution in [2.45, 2.75) is 24.7 Å². The van der Waals surface area contributed by atoms with Crippen LogP contribution in [0.1, 0.15) is 6.92 Å². The van der Waals surface area contributed by atoms with Crippen LogP contribution in [-0.2, 0) is 28.4 Å². The molecule has 0 amide bonds. The second-order valence-electron chi connectivity index (χ2n) is 4.72. The molecule has 0 aliphatic heterocycles. The predicted molar refractivity (Wildman–Crippen MR) is 102 cm³/mol. The lowest BCUT2D eigenvalue weighted by molar-refractivity contribution is -0.0429. The molecule has 6 nitrogen and oxygen atoms in total. The highest BCUT2D eigenvalue weighted by molar-refractivity contribution is 6.48. The van der Waals surface area contributed by atoms with E-state index in [4.69, 9.17) is 28.4 Å². The Balaban J connectivity index is 5.29. The summed E-state index contributed by atoms with van der Waals surface area (Å²) in [6, 6.07) is 0. The van der Waals surface area contributed by atoms with Crippen LogP contribution in [0.4, 0.5) is 0 Å². The van der Waals surface area contributed by atoms with Crippen molar-refractivity contribution in [1.29, 1.82) is 0 Å². The van der Waals surface area contributed by atoms with E-state index < -0.39 is 5.41 Å². The fraction of sp³-hybridized carbons (Fsp3) is 0.647. The molecule has 0 N–H and O–H groups in total. The van der Waals surface area contributed by atoms with E-state index in [9.17, 15) is 0 Å². The first-order valence-corrected chi connectivity index (χ1v) is 10.7. The maximum Gasteiger partial charge on any atom is 0.221 e. The fourth-order valence-corrected chi connectivity index (χ4v) is 3.42. The second-order valence-corrected chi connectivity index (χ2v) is 7.75. The zero-order chi connectivity index (χ0) is 19.8. The molecule has 0 unspecified atom stereocenters. The van der Waals surface area contributed by atoms with Gasteiger partial charge in [0.2, 0.25) is 28.6 Å². The molecule has 0 saturated heterocycles. The Labute approximate surface area is 164 Å². The molecule has 0 rings (SSSR count). The zero-order valence-corrected chi connectivity index (χ0v) is 19.2. The molecule has 0 spiro atoms. The van der Waals surface area contributed by atoms with Crippen molar-refractivity contribution in [2.24, 2.45) is 5.41 Å². The topological polar surface area (TPSA) is 55.4 Å². The van der Waals surface area contributed by atoms with Gasteiger partial charge in [-0.3, -0.25) is 0 Å². The van der Waals surface area contributed by atoms with Crippen molar-refractivity contribution in [3.05, 3.63) is 0 Å². The van der Waals surface area contributed by atoms with E-state index in [0.717, 1.165) is 0 Å². The van der Waals surface area contributed by atoms with Gasteiger partial charge in [0.05, 0.1) is 0 Å². The monoisotopic (exact) mass is 408 g/mol. The third-order valence-corrected chi connectivity index (χ3v) is 5.72. The van der Waals surface area contributed by atoms with E-state index in [1.165, 1.54) is 0 Å². The first-order chi connectivity index (χ1) is 12.5. The van der Waals surface area contributed by atoms with Gasteiger partial charge in [-0.25, -0.2) is 0 Å². The molecule has 140 valence electrons. The molecule has 0 aliphatic rings. The second kappa shape index (κ2) is 15.2. The molecule has 26 heavy (non-hydrogen) atoms. The summed E-state index contributed by atoms with van der Waals surface area (Å²) in [6.45, 7) is 1.87. The van der Waals surface area contributed by atoms with Crippen LogP contribution in [-0.4, -0.2) is 89.0 Å². The summed E-state index contributed by atoms with van der Waals surface area (Å²) < 4.78 is 30.9. The summed E-state index contributed by atoms with van der Waals surface area (Å²) in [6.07, 6.45) is 0. The Morgan fingerprint density at radius 2 is 0.769 bits per heavy atom. The molecule has 9 heteroatoms. The van der Waals surface area contributed by atoms with Crippen molar-refractivity contribution in [3.63, 3.8) is 0 Å². The van der Waals surface area contributed by atoms with Gasteiger partial charge in [0, 0.05) is 42.7 Å². The van der Waals surface area contributed by atoms with Gasteiger partial charge in [-0.05, 0) is 6.92 Å². The quantitative estimate of drug-likeness (QED) is 0.297. The Bertz CT molecular complexity index is 475. The Morgan fingerprint density at radius 3 is 0.962 bits per heavy atom. The molecule has 0 atom stereocenters. The average molecular weight is 409 g/mol. The summed E-state index contributed by atoms with van der Waals surface area (Å²) in [5.74, 6) is 8.29. The minimum absolute atomic E-state index is 0.163. The fourth-order valence-electron chi connectivity index (χ4n) is 1.40. The molecular weight excluding hydrogens is 384 g/mol. The minimum Gasteiger partial charge on any atom is -0.359 e. The average Bonchev–Trinajstić information content (AvgIpc) is 2.66. The molecule has 0 aromatic heterocycles. The van der Waals surface area contributed by atoms with Gasteiger partial charge in [-0.2, -0.15) is 0 Å². The van der Waals surface area contributed by atoms with Crippen LogP contribution in [0.15, 0.2) is 0 Å². The smallest absolute Gasteiger partial charge is 0.221 e. The molecule has 0 aromatic carbocycles. The molecule has 0 heterocycles. The van der Waals surface area contributed by atoms with Crippen LogP contribution in [0.25, 0.3) is 0 Å². The van der Waals surface area contributed by atoms with Gasteiger partial charge < -0.3 is 28.4 Å². The standard InChI is InChI=1S/C17H24O6Si3/c1-17(8-11-24-14(18-2)19-3,9-12-25-15(20-4)21-5)10-13-26-16(22-6)23-7/h14-16H,1-7H3. The highest BCUT2D eigenvalue weighted by Gasteiger charge is 2.16. The Morgan fingerprint density at radius 1 is 0.538 bits per heavy atom. The van der Waals surface area contributed by atoms with Gasteiger partial charge in [0.1, 0.15) is 5.41 Å². The molecule has 0 bridgehead atoms. The van der Waals surface area contributed by atoms with Crippen molar-refractivity contribution in [3.8, 4) is 34.4 Å². The molecule has 0 aromatic rings. The number of methoxy groups -OCH3 is 6. The van der Waals surface area contributed by atoms with Crippen molar-refractivity contribution in [1.82, 2.24) is 0 Å². The number of hydrogen-bond donors (Lipinski definition) is 0. The van der Waals surface area contributed by atoms with E-state index in [-0.39, 0.29) is 46.3 Å². The summed E-state index contributed by atoms with van der Waals surface area (Å²) in [4.78, 5) is 0. The summed E-state index contributed by atoms with van der Waals surface area (Å²) in [7, 11) is 9.96. The van der Waals surface area contributed by atoms with Gasteiger partial charge in [0.25, 0.3) is 0 Å². The van der Waals surface area contributed by atoms with E-state index in [1.807, 2.05) is 6.92 Å². The first kappa shape index (κ1) is 25.1. The maximum absolute atomic E-state index is 5.15. The summed E-state index contributed by atoms with van der Waals surface area (Å²) >= 11 is 0. The maximum atomic E-state index is 5.15. The van der Waals surface area contributed by atoms with Gasteiger partial charge >= 0.3 is 0 Å². The molecule has 0 aliphatic carbocycles. The zero-order valence-electron chi connectivity index (χ0n) is 16.2. The van der Waals surface area contributed by atoms with E-state index in [1.54, 1.807) is 42.7 Å². The highest BCUT2D eigenvalue weighted by atomic mass is 28.2. The van der Waals surface area contributed by atoms with E-state index in [2.05, 4.69) is 34.4 Å². The van der Waals surface area contributed by atoms with Crippen LogP contribution >= 0.6 is 0 Å². The number of hydrogen-bond acceptors (Lipinski definition) is 6. The van der Waals surface area contributed by atoms with E-state index in [0.29, 0.717) is 0 Å².